The van der Waals surface area contributed by atoms with Gasteiger partial charge in [0.25, 0.3) is 0 Å². The van der Waals surface area contributed by atoms with E-state index in [1.165, 1.54) is 10.3 Å². The Morgan fingerprint density at radius 1 is 1.12 bits per heavy atom. The van der Waals surface area contributed by atoms with Crippen LogP contribution in [0.5, 0.6) is 0 Å². The molecule has 0 radical (unpaired) electrons. The molecule has 2 heterocycles. The Balaban J connectivity index is 2.17. The van der Waals surface area contributed by atoms with Crippen LogP contribution in [0.2, 0.25) is 0 Å². The molecule has 17 heavy (non-hydrogen) atoms. The van der Waals surface area contributed by atoms with Crippen molar-refractivity contribution in [3.8, 4) is 0 Å². The highest BCUT2D eigenvalue weighted by molar-refractivity contribution is 7.10. The molecule has 0 bridgehead atoms. The van der Waals surface area contributed by atoms with Gasteiger partial charge in [-0.05, 0) is 28.5 Å². The Hall–Kier alpha value is -1.71. The minimum atomic E-state index is -0.0668. The molecular weight excluding hydrogens is 228 g/mol. The van der Waals surface area contributed by atoms with Gasteiger partial charge in [-0.25, -0.2) is 0 Å². The van der Waals surface area contributed by atoms with Crippen LogP contribution in [-0.2, 0) is 0 Å². The van der Waals surface area contributed by atoms with Crippen molar-refractivity contribution in [1.29, 1.82) is 0 Å². The number of pyridine rings is 1. The Labute approximate surface area is 104 Å². The standard InChI is InChI=1S/C14H12N2S/c15-14(13-5-2-8-17-13)11-4-1-3-10-6-7-16-9-12(10)11/h1-9,14H,15H2. The maximum atomic E-state index is 6.31. The fourth-order valence-electron chi connectivity index (χ4n) is 2.03. The molecule has 2 N–H and O–H groups in total. The van der Waals surface area contributed by atoms with Gasteiger partial charge in [0.2, 0.25) is 0 Å². The smallest absolute Gasteiger partial charge is 0.0652 e. The van der Waals surface area contributed by atoms with E-state index in [1.54, 1.807) is 11.3 Å². The number of hydrogen-bond donors (Lipinski definition) is 1. The number of benzene rings is 1. The summed E-state index contributed by atoms with van der Waals surface area (Å²) in [6, 6.07) is 12.3. The van der Waals surface area contributed by atoms with Gasteiger partial charge in [0.1, 0.15) is 0 Å². The van der Waals surface area contributed by atoms with E-state index in [2.05, 4.69) is 28.6 Å². The van der Waals surface area contributed by atoms with Crippen molar-refractivity contribution >= 4 is 22.1 Å². The zero-order valence-corrected chi connectivity index (χ0v) is 10.0. The molecule has 0 amide bonds. The van der Waals surface area contributed by atoms with Gasteiger partial charge >= 0.3 is 0 Å². The largest absolute Gasteiger partial charge is 0.320 e. The first-order chi connectivity index (χ1) is 8.36. The van der Waals surface area contributed by atoms with Crippen LogP contribution >= 0.6 is 11.3 Å². The molecule has 2 aromatic heterocycles. The Kier molecular flexibility index (Phi) is 2.63. The molecule has 0 saturated carbocycles. The van der Waals surface area contributed by atoms with E-state index >= 15 is 0 Å². The SMILES string of the molecule is NC(c1cccs1)c1cccc2ccncc12. The molecule has 2 nitrogen and oxygen atoms in total. The fourth-order valence-corrected chi connectivity index (χ4v) is 2.77. The molecule has 3 aromatic rings. The van der Waals surface area contributed by atoms with E-state index in [4.69, 9.17) is 5.73 Å². The van der Waals surface area contributed by atoms with Gasteiger partial charge in [0.15, 0.2) is 0 Å². The van der Waals surface area contributed by atoms with Crippen LogP contribution in [-0.4, -0.2) is 4.98 Å². The van der Waals surface area contributed by atoms with E-state index in [0.29, 0.717) is 0 Å². The monoisotopic (exact) mass is 240 g/mol. The summed E-state index contributed by atoms with van der Waals surface area (Å²) in [7, 11) is 0. The van der Waals surface area contributed by atoms with E-state index < -0.39 is 0 Å². The third-order valence-corrected chi connectivity index (χ3v) is 3.86. The highest BCUT2D eigenvalue weighted by atomic mass is 32.1. The number of nitrogens with two attached hydrogens (primary N) is 1. The van der Waals surface area contributed by atoms with E-state index in [-0.39, 0.29) is 6.04 Å². The van der Waals surface area contributed by atoms with E-state index in [1.807, 2.05) is 30.6 Å². The molecular formula is C14H12N2S. The lowest BCUT2D eigenvalue weighted by atomic mass is 10.00. The second-order valence-corrected chi connectivity index (χ2v) is 4.92. The van der Waals surface area contributed by atoms with Gasteiger partial charge in [0, 0.05) is 22.7 Å². The summed E-state index contributed by atoms with van der Waals surface area (Å²) in [5.41, 5.74) is 7.45. The first-order valence-electron chi connectivity index (χ1n) is 5.48. The van der Waals surface area contributed by atoms with Crippen LogP contribution in [0.15, 0.2) is 54.2 Å². The second kappa shape index (κ2) is 4.28. The number of fused-ring (bicyclic) bond motifs is 1. The fraction of sp³-hybridized carbons (Fsp3) is 0.0714. The molecule has 0 aliphatic rings. The summed E-state index contributed by atoms with van der Waals surface area (Å²) in [5, 5.41) is 4.37. The number of hydrogen-bond acceptors (Lipinski definition) is 3. The van der Waals surface area contributed by atoms with E-state index in [0.717, 1.165) is 10.9 Å². The summed E-state index contributed by atoms with van der Waals surface area (Å²) < 4.78 is 0. The lowest BCUT2D eigenvalue weighted by Crippen LogP contribution is -2.10. The van der Waals surface area contributed by atoms with Crippen molar-refractivity contribution < 1.29 is 0 Å². The van der Waals surface area contributed by atoms with Crippen molar-refractivity contribution in [2.75, 3.05) is 0 Å². The van der Waals surface area contributed by atoms with Gasteiger partial charge in [-0.2, -0.15) is 0 Å². The molecule has 84 valence electrons. The molecule has 0 saturated heterocycles. The molecule has 0 aliphatic heterocycles. The topological polar surface area (TPSA) is 38.9 Å². The average Bonchev–Trinajstić information content (AvgIpc) is 2.91. The average molecular weight is 240 g/mol. The minimum Gasteiger partial charge on any atom is -0.320 e. The molecule has 1 unspecified atom stereocenters. The van der Waals surface area contributed by atoms with Crippen LogP contribution in [0.25, 0.3) is 10.8 Å². The molecule has 0 aliphatic carbocycles. The summed E-state index contributed by atoms with van der Waals surface area (Å²) >= 11 is 1.69. The normalized spacial score (nSPS) is 12.8. The lowest BCUT2D eigenvalue weighted by molar-refractivity contribution is 0.903. The number of rotatable bonds is 2. The lowest BCUT2D eigenvalue weighted by Gasteiger charge is -2.12. The highest BCUT2D eigenvalue weighted by Gasteiger charge is 2.12. The predicted molar refractivity (Wildman–Crippen MR) is 72.1 cm³/mol. The van der Waals surface area contributed by atoms with Gasteiger partial charge in [0.05, 0.1) is 6.04 Å². The predicted octanol–water partition coefficient (Wildman–Crippen LogP) is 3.34. The van der Waals surface area contributed by atoms with Gasteiger partial charge in [-0.15, -0.1) is 11.3 Å². The van der Waals surface area contributed by atoms with Gasteiger partial charge in [-0.1, -0.05) is 24.3 Å². The van der Waals surface area contributed by atoms with Crippen molar-refractivity contribution in [1.82, 2.24) is 4.98 Å². The van der Waals surface area contributed by atoms with Crippen LogP contribution in [0, 0.1) is 0 Å². The molecule has 3 rings (SSSR count). The zero-order chi connectivity index (χ0) is 11.7. The molecule has 0 fully saturated rings. The summed E-state index contributed by atoms with van der Waals surface area (Å²) in [4.78, 5) is 5.37. The van der Waals surface area contributed by atoms with Crippen molar-refractivity contribution in [2.45, 2.75) is 6.04 Å². The van der Waals surface area contributed by atoms with Gasteiger partial charge in [-0.3, -0.25) is 4.98 Å². The maximum absolute atomic E-state index is 6.31. The van der Waals surface area contributed by atoms with Crippen LogP contribution in [0.3, 0.4) is 0 Å². The highest BCUT2D eigenvalue weighted by Crippen LogP contribution is 2.28. The van der Waals surface area contributed by atoms with Gasteiger partial charge < -0.3 is 5.73 Å². The van der Waals surface area contributed by atoms with Crippen molar-refractivity contribution in [2.24, 2.45) is 5.73 Å². The number of nitrogens with zero attached hydrogens (tertiary/aromatic N) is 1. The quantitative estimate of drug-likeness (QED) is 0.746. The second-order valence-electron chi connectivity index (χ2n) is 3.94. The first kappa shape index (κ1) is 10.4. The van der Waals surface area contributed by atoms with Crippen LogP contribution in [0.1, 0.15) is 16.5 Å². The van der Waals surface area contributed by atoms with Crippen LogP contribution < -0.4 is 5.73 Å². The Morgan fingerprint density at radius 3 is 2.88 bits per heavy atom. The maximum Gasteiger partial charge on any atom is 0.0652 e. The van der Waals surface area contributed by atoms with Crippen LogP contribution in [0.4, 0.5) is 0 Å². The summed E-state index contributed by atoms with van der Waals surface area (Å²) in [6.45, 7) is 0. The zero-order valence-electron chi connectivity index (χ0n) is 9.21. The first-order valence-corrected chi connectivity index (χ1v) is 6.36. The number of aromatic nitrogens is 1. The third kappa shape index (κ3) is 1.84. The summed E-state index contributed by atoms with van der Waals surface area (Å²) in [5.74, 6) is 0. The van der Waals surface area contributed by atoms with E-state index in [9.17, 15) is 0 Å². The number of thiophene rings is 1. The minimum absolute atomic E-state index is 0.0668. The summed E-state index contributed by atoms with van der Waals surface area (Å²) in [6.07, 6.45) is 3.70. The van der Waals surface area contributed by atoms with Crippen molar-refractivity contribution in [3.05, 3.63) is 64.6 Å². The molecule has 1 aromatic carbocycles. The van der Waals surface area contributed by atoms with Crippen molar-refractivity contribution in [3.63, 3.8) is 0 Å². The molecule has 1 atom stereocenters. The Morgan fingerprint density at radius 2 is 2.06 bits per heavy atom. The molecule has 0 spiro atoms. The third-order valence-electron chi connectivity index (χ3n) is 2.90. The Bertz CT molecular complexity index is 626. The molecule has 3 heteroatoms.